The van der Waals surface area contributed by atoms with Crippen LogP contribution in [0.2, 0.25) is 0 Å². The fourth-order valence-corrected chi connectivity index (χ4v) is 4.24. The predicted molar refractivity (Wildman–Crippen MR) is 150 cm³/mol. The average molecular weight is 464 g/mol. The molecule has 0 rings (SSSR count). The van der Waals surface area contributed by atoms with Crippen LogP contribution in [-0.2, 0) is 4.74 Å². The molecule has 0 amide bonds. The highest BCUT2D eigenvalue weighted by Crippen LogP contribution is 2.13. The van der Waals surface area contributed by atoms with Crippen LogP contribution in [0.15, 0.2) is 24.3 Å². The van der Waals surface area contributed by atoms with Gasteiger partial charge in [-0.25, -0.2) is 0 Å². The van der Waals surface area contributed by atoms with E-state index in [0.717, 1.165) is 19.6 Å². The first-order valence-corrected chi connectivity index (χ1v) is 14.8. The van der Waals surface area contributed by atoms with Crippen molar-refractivity contribution in [2.24, 2.45) is 0 Å². The van der Waals surface area contributed by atoms with Gasteiger partial charge in [0.2, 0.25) is 0 Å². The molecule has 0 spiro atoms. The van der Waals surface area contributed by atoms with E-state index in [1.807, 2.05) is 0 Å². The van der Waals surface area contributed by atoms with Crippen LogP contribution < -0.4 is 0 Å². The van der Waals surface area contributed by atoms with E-state index in [4.69, 9.17) is 4.74 Å². The first kappa shape index (κ1) is 32.4. The van der Waals surface area contributed by atoms with E-state index in [9.17, 15) is 0 Å². The van der Waals surface area contributed by atoms with Crippen molar-refractivity contribution in [3.63, 3.8) is 0 Å². The van der Waals surface area contributed by atoms with Crippen molar-refractivity contribution in [3.8, 4) is 0 Å². The van der Waals surface area contributed by atoms with E-state index in [-0.39, 0.29) is 0 Å². The quantitative estimate of drug-likeness (QED) is 0.0934. The smallest absolute Gasteiger partial charge is 0.0621 e. The van der Waals surface area contributed by atoms with Gasteiger partial charge in [-0.15, -0.1) is 0 Å². The molecule has 0 N–H and O–H groups in total. The zero-order valence-corrected chi connectivity index (χ0v) is 23.3. The van der Waals surface area contributed by atoms with Gasteiger partial charge >= 0.3 is 0 Å². The molecule has 196 valence electrons. The fourth-order valence-electron chi connectivity index (χ4n) is 4.24. The summed E-state index contributed by atoms with van der Waals surface area (Å²) in [5.74, 6) is 0. The van der Waals surface area contributed by atoms with Gasteiger partial charge in [0.1, 0.15) is 0 Å². The van der Waals surface area contributed by atoms with Gasteiger partial charge in [0.15, 0.2) is 0 Å². The lowest BCUT2D eigenvalue weighted by Gasteiger charge is -2.24. The lowest BCUT2D eigenvalue weighted by molar-refractivity contribution is 0.0721. The standard InChI is InChI=1S/C31H61NO/c1-5-7-9-11-13-14-15-16-17-18-19-20-21-23-25-27-29-33-30-31(32(3)4)28-26-24-22-12-10-8-6-2/h13-14,16-17,31H,5-12,15,18-30H2,1-4H3/b14-13-,17-16-/t31-/m0/s1. The summed E-state index contributed by atoms with van der Waals surface area (Å²) in [4.78, 5) is 2.36. The van der Waals surface area contributed by atoms with Crippen molar-refractivity contribution in [3.05, 3.63) is 24.3 Å². The highest BCUT2D eigenvalue weighted by atomic mass is 16.5. The largest absolute Gasteiger partial charge is 0.380 e. The third-order valence-electron chi connectivity index (χ3n) is 6.67. The van der Waals surface area contributed by atoms with Crippen molar-refractivity contribution in [1.82, 2.24) is 4.90 Å². The molecular formula is C31H61NO. The summed E-state index contributed by atoms with van der Waals surface area (Å²) in [6.07, 6.45) is 36.0. The molecule has 0 heterocycles. The maximum Gasteiger partial charge on any atom is 0.0621 e. The highest BCUT2D eigenvalue weighted by Gasteiger charge is 2.11. The molecule has 1 atom stereocenters. The Hall–Kier alpha value is -0.600. The second kappa shape index (κ2) is 27.6. The molecular weight excluding hydrogens is 402 g/mol. The van der Waals surface area contributed by atoms with Crippen molar-refractivity contribution in [1.29, 1.82) is 0 Å². The van der Waals surface area contributed by atoms with Gasteiger partial charge < -0.3 is 9.64 Å². The molecule has 0 radical (unpaired) electrons. The predicted octanol–water partition coefficient (Wildman–Crippen LogP) is 9.89. The first-order chi connectivity index (χ1) is 16.2. The third-order valence-corrected chi connectivity index (χ3v) is 6.67. The third kappa shape index (κ3) is 25.9. The van der Waals surface area contributed by atoms with Gasteiger partial charge in [-0.05, 0) is 59.0 Å². The Morgan fingerprint density at radius 3 is 1.67 bits per heavy atom. The molecule has 0 aliphatic rings. The Morgan fingerprint density at radius 1 is 0.576 bits per heavy atom. The van der Waals surface area contributed by atoms with Gasteiger partial charge in [-0.2, -0.15) is 0 Å². The molecule has 33 heavy (non-hydrogen) atoms. The van der Waals surface area contributed by atoms with E-state index in [1.165, 1.54) is 122 Å². The minimum absolute atomic E-state index is 0.588. The van der Waals surface area contributed by atoms with Crippen LogP contribution in [0, 0.1) is 0 Å². The van der Waals surface area contributed by atoms with Crippen molar-refractivity contribution in [2.75, 3.05) is 27.3 Å². The summed E-state index contributed by atoms with van der Waals surface area (Å²) >= 11 is 0. The summed E-state index contributed by atoms with van der Waals surface area (Å²) in [6.45, 7) is 6.40. The van der Waals surface area contributed by atoms with Crippen LogP contribution in [0.25, 0.3) is 0 Å². The van der Waals surface area contributed by atoms with Crippen LogP contribution in [-0.4, -0.2) is 38.3 Å². The number of allylic oxidation sites excluding steroid dienone is 4. The Balaban J connectivity index is 3.44. The Morgan fingerprint density at radius 2 is 1.06 bits per heavy atom. The lowest BCUT2D eigenvalue weighted by Crippen LogP contribution is -2.32. The van der Waals surface area contributed by atoms with Crippen LogP contribution in [0.1, 0.15) is 142 Å². The fraction of sp³-hybridized carbons (Fsp3) is 0.871. The lowest BCUT2D eigenvalue weighted by atomic mass is 10.0. The van der Waals surface area contributed by atoms with Gasteiger partial charge in [0.05, 0.1) is 6.61 Å². The van der Waals surface area contributed by atoms with E-state index in [1.54, 1.807) is 0 Å². The number of hydrogen-bond donors (Lipinski definition) is 0. The topological polar surface area (TPSA) is 12.5 Å². The van der Waals surface area contributed by atoms with E-state index < -0.39 is 0 Å². The molecule has 0 aromatic heterocycles. The van der Waals surface area contributed by atoms with E-state index in [0.29, 0.717) is 6.04 Å². The monoisotopic (exact) mass is 463 g/mol. The first-order valence-electron chi connectivity index (χ1n) is 14.8. The van der Waals surface area contributed by atoms with Gasteiger partial charge in [-0.3, -0.25) is 0 Å². The molecule has 0 aromatic carbocycles. The molecule has 0 saturated heterocycles. The van der Waals surface area contributed by atoms with Crippen LogP contribution in [0.4, 0.5) is 0 Å². The second-order valence-corrected chi connectivity index (χ2v) is 10.2. The van der Waals surface area contributed by atoms with Crippen molar-refractivity contribution >= 4 is 0 Å². The number of hydrogen-bond acceptors (Lipinski definition) is 2. The Kier molecular flexibility index (Phi) is 27.1. The van der Waals surface area contributed by atoms with Gasteiger partial charge in [-0.1, -0.05) is 122 Å². The van der Waals surface area contributed by atoms with E-state index >= 15 is 0 Å². The number of nitrogens with zero attached hydrogens (tertiary/aromatic N) is 1. The Bertz CT molecular complexity index is 415. The SMILES string of the molecule is CCCCC/C=C\C/C=C\CCCCCCCCOC[C@H](CCCCCCCCC)N(C)C. The zero-order chi connectivity index (χ0) is 24.2. The maximum atomic E-state index is 6.03. The molecule has 2 nitrogen and oxygen atoms in total. The molecule has 0 aromatic rings. The minimum atomic E-state index is 0.588. The molecule has 0 aliphatic heterocycles. The summed E-state index contributed by atoms with van der Waals surface area (Å²) in [5.41, 5.74) is 0. The molecule has 0 unspecified atom stereocenters. The molecule has 0 aliphatic carbocycles. The maximum absolute atomic E-state index is 6.03. The summed E-state index contributed by atoms with van der Waals surface area (Å²) in [7, 11) is 4.41. The number of unbranched alkanes of at least 4 members (excludes halogenated alkanes) is 15. The number of ether oxygens (including phenoxy) is 1. The number of rotatable bonds is 26. The van der Waals surface area contributed by atoms with Crippen LogP contribution >= 0.6 is 0 Å². The molecule has 0 fully saturated rings. The summed E-state index contributed by atoms with van der Waals surface area (Å²) in [5, 5.41) is 0. The van der Waals surface area contributed by atoms with Gasteiger partial charge in [0.25, 0.3) is 0 Å². The van der Waals surface area contributed by atoms with E-state index in [2.05, 4.69) is 57.1 Å². The van der Waals surface area contributed by atoms with Crippen LogP contribution in [0.3, 0.4) is 0 Å². The highest BCUT2D eigenvalue weighted by molar-refractivity contribution is 4.92. The van der Waals surface area contributed by atoms with Crippen molar-refractivity contribution in [2.45, 2.75) is 148 Å². The van der Waals surface area contributed by atoms with Crippen LogP contribution in [0.5, 0.6) is 0 Å². The van der Waals surface area contributed by atoms with Gasteiger partial charge in [0, 0.05) is 12.6 Å². The summed E-state index contributed by atoms with van der Waals surface area (Å²) in [6, 6.07) is 0.588. The average Bonchev–Trinajstić information content (AvgIpc) is 2.81. The summed E-state index contributed by atoms with van der Waals surface area (Å²) < 4.78 is 6.03. The minimum Gasteiger partial charge on any atom is -0.380 e. The normalized spacial score (nSPS) is 13.1. The van der Waals surface area contributed by atoms with Crippen molar-refractivity contribution < 1.29 is 4.74 Å². The molecule has 0 bridgehead atoms. The zero-order valence-electron chi connectivity index (χ0n) is 23.3. The molecule has 2 heteroatoms. The number of likely N-dealkylation sites (N-methyl/N-ethyl adjacent to an activating group) is 1. The molecule has 0 saturated carbocycles. The Labute approximate surface area is 209 Å². The second-order valence-electron chi connectivity index (χ2n) is 10.2.